The molecule has 0 saturated heterocycles. The van der Waals surface area contributed by atoms with E-state index in [-0.39, 0.29) is 6.61 Å². The minimum atomic E-state index is -0.413. The molecule has 1 aromatic carbocycles. The zero-order valence-electron chi connectivity index (χ0n) is 9.00. The summed E-state index contributed by atoms with van der Waals surface area (Å²) in [5.41, 5.74) is 7.61. The Morgan fingerprint density at radius 3 is 2.88 bits per heavy atom. The van der Waals surface area contributed by atoms with E-state index in [1.807, 2.05) is 13.0 Å². The third-order valence-corrected chi connectivity index (χ3v) is 3.67. The third kappa shape index (κ3) is 1.90. The summed E-state index contributed by atoms with van der Waals surface area (Å²) in [5, 5.41) is 9.09. The van der Waals surface area contributed by atoms with Crippen LogP contribution in [0.1, 0.15) is 17.2 Å². The highest BCUT2D eigenvalue weighted by Gasteiger charge is 2.21. The van der Waals surface area contributed by atoms with Gasteiger partial charge in [-0.25, -0.2) is 0 Å². The van der Waals surface area contributed by atoms with Crippen molar-refractivity contribution < 1.29 is 14.6 Å². The SMILES string of the molecule is Cc1c(Br)c(C(N)CO)cc2c1OCCO2. The molecule has 0 aromatic heterocycles. The van der Waals surface area contributed by atoms with Gasteiger partial charge in [0.2, 0.25) is 0 Å². The Hall–Kier alpha value is -0.780. The van der Waals surface area contributed by atoms with Crippen molar-refractivity contribution in [2.45, 2.75) is 13.0 Å². The van der Waals surface area contributed by atoms with Crippen molar-refractivity contribution in [1.29, 1.82) is 0 Å². The van der Waals surface area contributed by atoms with E-state index in [1.165, 1.54) is 0 Å². The average molecular weight is 288 g/mol. The van der Waals surface area contributed by atoms with Crippen LogP contribution in [-0.4, -0.2) is 24.9 Å². The van der Waals surface area contributed by atoms with Gasteiger partial charge in [-0.05, 0) is 18.6 Å². The van der Waals surface area contributed by atoms with Crippen LogP contribution in [0.15, 0.2) is 10.5 Å². The predicted octanol–water partition coefficient (Wildman–Crippen LogP) is 1.52. The highest BCUT2D eigenvalue weighted by Crippen LogP contribution is 2.41. The number of rotatable bonds is 2. The fourth-order valence-corrected chi connectivity index (χ4v) is 2.31. The van der Waals surface area contributed by atoms with Gasteiger partial charge in [-0.1, -0.05) is 15.9 Å². The predicted molar refractivity (Wildman–Crippen MR) is 63.9 cm³/mol. The van der Waals surface area contributed by atoms with Crippen LogP contribution >= 0.6 is 15.9 Å². The zero-order valence-corrected chi connectivity index (χ0v) is 10.6. The lowest BCUT2D eigenvalue weighted by atomic mass is 10.0. The van der Waals surface area contributed by atoms with Crippen molar-refractivity contribution in [3.8, 4) is 11.5 Å². The van der Waals surface area contributed by atoms with Gasteiger partial charge in [0.05, 0.1) is 12.6 Å². The molecule has 0 aliphatic carbocycles. The number of benzene rings is 1. The van der Waals surface area contributed by atoms with Crippen LogP contribution in [0.5, 0.6) is 11.5 Å². The Morgan fingerprint density at radius 1 is 1.50 bits per heavy atom. The summed E-state index contributed by atoms with van der Waals surface area (Å²) < 4.78 is 11.9. The second-order valence-corrected chi connectivity index (χ2v) is 4.51. The monoisotopic (exact) mass is 287 g/mol. The lowest BCUT2D eigenvalue weighted by Gasteiger charge is -2.23. The molecular formula is C11H14BrNO3. The summed E-state index contributed by atoms with van der Waals surface area (Å²) >= 11 is 3.47. The maximum absolute atomic E-state index is 9.09. The van der Waals surface area contributed by atoms with E-state index in [2.05, 4.69) is 15.9 Å². The van der Waals surface area contributed by atoms with Crippen molar-refractivity contribution in [2.75, 3.05) is 19.8 Å². The number of hydrogen-bond donors (Lipinski definition) is 2. The molecule has 16 heavy (non-hydrogen) atoms. The molecule has 0 radical (unpaired) electrons. The highest BCUT2D eigenvalue weighted by molar-refractivity contribution is 9.10. The molecule has 1 atom stereocenters. The Morgan fingerprint density at radius 2 is 2.19 bits per heavy atom. The first-order valence-corrected chi connectivity index (χ1v) is 5.89. The van der Waals surface area contributed by atoms with Crippen molar-refractivity contribution in [3.05, 3.63) is 21.7 Å². The van der Waals surface area contributed by atoms with Gasteiger partial charge >= 0.3 is 0 Å². The minimum Gasteiger partial charge on any atom is -0.486 e. The topological polar surface area (TPSA) is 64.7 Å². The van der Waals surface area contributed by atoms with Gasteiger partial charge < -0.3 is 20.3 Å². The summed E-state index contributed by atoms with van der Waals surface area (Å²) in [6.07, 6.45) is 0. The number of fused-ring (bicyclic) bond motifs is 1. The quantitative estimate of drug-likeness (QED) is 0.866. The van der Waals surface area contributed by atoms with E-state index in [4.69, 9.17) is 20.3 Å². The molecule has 1 unspecified atom stereocenters. The van der Waals surface area contributed by atoms with Crippen LogP contribution in [0.3, 0.4) is 0 Å². The molecule has 1 aliphatic heterocycles. The molecule has 5 heteroatoms. The fourth-order valence-electron chi connectivity index (χ4n) is 1.72. The van der Waals surface area contributed by atoms with Crippen LogP contribution in [0, 0.1) is 6.92 Å². The number of nitrogens with two attached hydrogens (primary N) is 1. The van der Waals surface area contributed by atoms with E-state index in [0.29, 0.717) is 19.0 Å². The summed E-state index contributed by atoms with van der Waals surface area (Å²) in [6.45, 7) is 2.94. The van der Waals surface area contributed by atoms with E-state index >= 15 is 0 Å². The molecule has 88 valence electrons. The molecule has 2 rings (SSSR count). The van der Waals surface area contributed by atoms with Crippen molar-refractivity contribution in [3.63, 3.8) is 0 Å². The van der Waals surface area contributed by atoms with Crippen molar-refractivity contribution in [2.24, 2.45) is 5.73 Å². The molecule has 0 fully saturated rings. The van der Waals surface area contributed by atoms with Gasteiger partial charge in [0.15, 0.2) is 11.5 Å². The maximum Gasteiger partial charge on any atom is 0.165 e. The Labute approximate surface area is 102 Å². The van der Waals surface area contributed by atoms with Crippen LogP contribution in [0.2, 0.25) is 0 Å². The molecule has 0 saturated carbocycles. The number of hydrogen-bond acceptors (Lipinski definition) is 4. The standard InChI is InChI=1S/C11H14BrNO3/c1-6-10(12)7(8(13)5-14)4-9-11(6)16-3-2-15-9/h4,8,14H,2-3,5,13H2,1H3. The lowest BCUT2D eigenvalue weighted by molar-refractivity contribution is 0.169. The fraction of sp³-hybridized carbons (Fsp3) is 0.455. The Balaban J connectivity index is 2.52. The van der Waals surface area contributed by atoms with Gasteiger partial charge in [0.25, 0.3) is 0 Å². The van der Waals surface area contributed by atoms with E-state index in [1.54, 1.807) is 0 Å². The largest absolute Gasteiger partial charge is 0.486 e. The maximum atomic E-state index is 9.09. The van der Waals surface area contributed by atoms with Crippen molar-refractivity contribution in [1.82, 2.24) is 0 Å². The van der Waals surface area contributed by atoms with Crippen molar-refractivity contribution >= 4 is 15.9 Å². The van der Waals surface area contributed by atoms with Gasteiger partial charge in [-0.15, -0.1) is 0 Å². The number of aliphatic hydroxyl groups excluding tert-OH is 1. The average Bonchev–Trinajstić information content (AvgIpc) is 2.33. The molecule has 3 N–H and O–H groups in total. The summed E-state index contributed by atoms with van der Waals surface area (Å²) in [7, 11) is 0. The Kier molecular flexibility index (Phi) is 3.37. The molecule has 0 spiro atoms. The molecule has 0 bridgehead atoms. The van der Waals surface area contributed by atoms with Gasteiger partial charge in [-0.2, -0.15) is 0 Å². The lowest BCUT2D eigenvalue weighted by Crippen LogP contribution is -2.19. The summed E-state index contributed by atoms with van der Waals surface area (Å²) in [4.78, 5) is 0. The third-order valence-electron chi connectivity index (χ3n) is 2.62. The normalized spacial score (nSPS) is 16.0. The van der Waals surface area contributed by atoms with Crippen LogP contribution in [-0.2, 0) is 0 Å². The van der Waals surface area contributed by atoms with E-state index in [9.17, 15) is 0 Å². The van der Waals surface area contributed by atoms with Crippen LogP contribution < -0.4 is 15.2 Å². The van der Waals surface area contributed by atoms with Crippen LogP contribution in [0.4, 0.5) is 0 Å². The number of aliphatic hydroxyl groups is 1. The zero-order chi connectivity index (χ0) is 11.7. The highest BCUT2D eigenvalue weighted by atomic mass is 79.9. The summed E-state index contributed by atoms with van der Waals surface area (Å²) in [6, 6.07) is 1.41. The van der Waals surface area contributed by atoms with Gasteiger partial charge in [-0.3, -0.25) is 0 Å². The first-order valence-electron chi connectivity index (χ1n) is 5.10. The second-order valence-electron chi connectivity index (χ2n) is 3.72. The molecule has 1 aliphatic rings. The second kappa shape index (κ2) is 4.61. The number of ether oxygens (including phenoxy) is 2. The minimum absolute atomic E-state index is 0.0995. The van der Waals surface area contributed by atoms with E-state index < -0.39 is 6.04 Å². The number of halogens is 1. The van der Waals surface area contributed by atoms with Gasteiger partial charge in [0.1, 0.15) is 13.2 Å². The molecule has 1 aromatic rings. The Bertz CT molecular complexity index is 409. The molecule has 0 amide bonds. The first-order chi connectivity index (χ1) is 7.65. The molecule has 1 heterocycles. The van der Waals surface area contributed by atoms with E-state index in [0.717, 1.165) is 21.3 Å². The van der Waals surface area contributed by atoms with Crippen LogP contribution in [0.25, 0.3) is 0 Å². The smallest absolute Gasteiger partial charge is 0.165 e. The van der Waals surface area contributed by atoms with Gasteiger partial charge in [0, 0.05) is 10.0 Å². The molecule has 4 nitrogen and oxygen atoms in total. The summed E-state index contributed by atoms with van der Waals surface area (Å²) in [5.74, 6) is 1.46. The molecular weight excluding hydrogens is 274 g/mol. The first kappa shape index (κ1) is 11.7.